The van der Waals surface area contributed by atoms with Crippen LogP contribution in [0.25, 0.3) is 10.4 Å². The second kappa shape index (κ2) is 12.2. The molecule has 0 aliphatic carbocycles. The average Bonchev–Trinajstić information content (AvgIpc) is 3.08. The zero-order valence-electron chi connectivity index (χ0n) is 20.5. The Morgan fingerprint density at radius 3 is 2.66 bits per heavy atom. The molecule has 0 bridgehead atoms. The average molecular weight is 551 g/mol. The van der Waals surface area contributed by atoms with Gasteiger partial charge in [0.2, 0.25) is 11.5 Å². The number of esters is 1. The molecule has 1 unspecified atom stereocenters. The summed E-state index contributed by atoms with van der Waals surface area (Å²) >= 11 is 0. The third-order valence-corrected chi connectivity index (χ3v) is 6.05. The minimum atomic E-state index is -2.73. The van der Waals surface area contributed by atoms with E-state index in [1.807, 2.05) is 0 Å². The number of hydrogen-bond acceptors (Lipinski definition) is 13. The van der Waals surface area contributed by atoms with E-state index in [4.69, 9.17) is 30.0 Å². The molecule has 1 fully saturated rings. The van der Waals surface area contributed by atoms with Crippen molar-refractivity contribution >= 4 is 20.0 Å². The fraction of sp³-hybridized carbons (Fsp3) is 0.476. The fourth-order valence-corrected chi connectivity index (χ4v) is 4.12. The maximum atomic E-state index is 12.4. The number of benzene rings is 1. The van der Waals surface area contributed by atoms with Gasteiger partial charge >= 0.3 is 19.8 Å². The third-order valence-electron chi connectivity index (χ3n) is 5.16. The third kappa shape index (κ3) is 6.55. The van der Waals surface area contributed by atoms with Crippen LogP contribution in [0.15, 0.2) is 51.2 Å². The number of para-hydroxylation sites is 2. The van der Waals surface area contributed by atoms with Crippen molar-refractivity contribution in [2.75, 3.05) is 12.3 Å². The topological polar surface area (TPSA) is 240 Å². The van der Waals surface area contributed by atoms with E-state index in [-0.39, 0.29) is 23.4 Å². The van der Waals surface area contributed by atoms with Gasteiger partial charge in [-0.2, -0.15) is 4.98 Å². The molecule has 1 aliphatic heterocycles. The molecular formula is C21H26N7O9P. The minimum Gasteiger partial charge on any atom is -0.575 e. The molecule has 17 heteroatoms. The Morgan fingerprint density at radius 2 is 2.03 bits per heavy atom. The van der Waals surface area contributed by atoms with Crippen molar-refractivity contribution in [2.24, 2.45) is 9.86 Å². The first-order valence-electron chi connectivity index (χ1n) is 11.2. The Labute approximate surface area is 216 Å². The highest BCUT2D eigenvalue weighted by Gasteiger charge is 2.56. The number of aliphatic hydroxyl groups excluding tert-OH is 2. The Bertz CT molecular complexity index is 1300. The van der Waals surface area contributed by atoms with E-state index >= 15 is 0 Å². The minimum absolute atomic E-state index is 0.0176. The summed E-state index contributed by atoms with van der Waals surface area (Å²) in [5.74, 6) is -0.821. The van der Waals surface area contributed by atoms with E-state index in [1.54, 1.807) is 26.0 Å². The molecule has 1 aromatic carbocycles. The van der Waals surface area contributed by atoms with Crippen LogP contribution in [-0.4, -0.2) is 62.4 Å². The van der Waals surface area contributed by atoms with Gasteiger partial charge in [-0.15, -0.1) is 0 Å². The number of azide groups is 1. The van der Waals surface area contributed by atoms with Gasteiger partial charge in [0.05, 0.1) is 6.10 Å². The molecule has 2 aromatic rings. The summed E-state index contributed by atoms with van der Waals surface area (Å²) in [6.07, 6.45) is -4.23. The number of aliphatic hydroxyl groups is 2. The SMILES string of the molecule is CC(C)OC(=O)[C@H](C)N=[P+]([O-])Oc1ccccc1OC[C@@]1(N=[N+]=[N-])O[C@@H](n2ccc(N)nc2=O)[C@H](O)[C@@H]1O. The van der Waals surface area contributed by atoms with Gasteiger partial charge in [-0.3, -0.25) is 9.09 Å². The molecule has 4 N–H and O–H groups in total. The van der Waals surface area contributed by atoms with Crippen LogP contribution in [0.2, 0.25) is 0 Å². The van der Waals surface area contributed by atoms with E-state index in [0.29, 0.717) is 0 Å². The van der Waals surface area contributed by atoms with Crippen molar-refractivity contribution in [2.45, 2.75) is 57.1 Å². The largest absolute Gasteiger partial charge is 0.575 e. The molecule has 1 saturated heterocycles. The number of nitrogens with two attached hydrogens (primary N) is 1. The van der Waals surface area contributed by atoms with Gasteiger partial charge in [0.15, 0.2) is 18.0 Å². The van der Waals surface area contributed by atoms with E-state index in [1.165, 1.54) is 31.3 Å². The zero-order chi connectivity index (χ0) is 28.0. The first-order valence-corrected chi connectivity index (χ1v) is 12.3. The van der Waals surface area contributed by atoms with E-state index in [2.05, 4.69) is 19.8 Å². The molecule has 0 amide bonds. The number of hydrogen-bond donors (Lipinski definition) is 3. The number of carbonyl (C=O) groups is 1. The van der Waals surface area contributed by atoms with Crippen LogP contribution >= 0.6 is 8.17 Å². The van der Waals surface area contributed by atoms with Crippen LogP contribution in [0.1, 0.15) is 27.0 Å². The maximum Gasteiger partial charge on any atom is 0.395 e. The van der Waals surface area contributed by atoms with Crippen LogP contribution in [0.3, 0.4) is 0 Å². The monoisotopic (exact) mass is 551 g/mol. The lowest BCUT2D eigenvalue weighted by atomic mass is 10.1. The first-order chi connectivity index (χ1) is 18.0. The van der Waals surface area contributed by atoms with E-state index in [9.17, 15) is 24.7 Å². The van der Waals surface area contributed by atoms with Gasteiger partial charge < -0.3 is 35.1 Å². The van der Waals surface area contributed by atoms with E-state index in [0.717, 1.165) is 4.57 Å². The van der Waals surface area contributed by atoms with Crippen molar-refractivity contribution in [3.05, 3.63) is 57.5 Å². The molecule has 6 atom stereocenters. The summed E-state index contributed by atoms with van der Waals surface area (Å²) in [6, 6.07) is 6.14. The molecule has 1 aliphatic rings. The molecule has 16 nitrogen and oxygen atoms in total. The van der Waals surface area contributed by atoms with Crippen LogP contribution in [-0.2, 0) is 14.3 Å². The van der Waals surface area contributed by atoms with Gasteiger partial charge in [-0.05, 0) is 44.5 Å². The number of ether oxygens (including phenoxy) is 3. The lowest BCUT2D eigenvalue weighted by Crippen LogP contribution is -2.46. The second-order valence-corrected chi connectivity index (χ2v) is 9.25. The van der Waals surface area contributed by atoms with Crippen molar-refractivity contribution in [3.8, 4) is 11.5 Å². The quantitative estimate of drug-likeness (QED) is 0.122. The van der Waals surface area contributed by atoms with Gasteiger partial charge in [-0.25, -0.2) is 9.59 Å². The van der Waals surface area contributed by atoms with Gasteiger partial charge in [-0.1, -0.05) is 22.0 Å². The summed E-state index contributed by atoms with van der Waals surface area (Å²) in [5.41, 5.74) is 11.5. The van der Waals surface area contributed by atoms with Crippen molar-refractivity contribution < 1.29 is 38.6 Å². The molecule has 0 saturated carbocycles. The predicted octanol–water partition coefficient (Wildman–Crippen LogP) is 0.736. The Kier molecular flexibility index (Phi) is 9.22. The summed E-state index contributed by atoms with van der Waals surface area (Å²) in [5, 5.41) is 24.8. The second-order valence-electron chi connectivity index (χ2n) is 8.36. The normalized spacial score (nSPS) is 24.0. The van der Waals surface area contributed by atoms with Crippen molar-refractivity contribution in [3.63, 3.8) is 0 Å². The zero-order valence-corrected chi connectivity index (χ0v) is 21.4. The smallest absolute Gasteiger partial charge is 0.395 e. The summed E-state index contributed by atoms with van der Waals surface area (Å²) in [7, 11) is -2.73. The summed E-state index contributed by atoms with van der Waals surface area (Å²) in [6.45, 7) is 4.06. The molecule has 38 heavy (non-hydrogen) atoms. The molecule has 1 aromatic heterocycles. The maximum absolute atomic E-state index is 12.4. The lowest BCUT2D eigenvalue weighted by molar-refractivity contribution is -0.170. The molecule has 204 valence electrons. The lowest BCUT2D eigenvalue weighted by Gasteiger charge is -2.26. The van der Waals surface area contributed by atoms with Crippen LogP contribution in [0, 0.1) is 0 Å². The highest BCUT2D eigenvalue weighted by atomic mass is 31.1. The number of rotatable bonds is 10. The molecule has 0 radical (unpaired) electrons. The highest BCUT2D eigenvalue weighted by Crippen LogP contribution is 2.40. The molecule has 3 rings (SSSR count). The summed E-state index contributed by atoms with van der Waals surface area (Å²) in [4.78, 5) is 42.8. The van der Waals surface area contributed by atoms with Crippen LogP contribution < -0.4 is 25.6 Å². The van der Waals surface area contributed by atoms with Gasteiger partial charge in [0, 0.05) is 11.1 Å². The van der Waals surface area contributed by atoms with Crippen LogP contribution in [0.5, 0.6) is 11.5 Å². The van der Waals surface area contributed by atoms with Gasteiger partial charge in [0.25, 0.3) is 0 Å². The Morgan fingerprint density at radius 1 is 1.34 bits per heavy atom. The van der Waals surface area contributed by atoms with Gasteiger partial charge in [0.1, 0.15) is 24.6 Å². The van der Waals surface area contributed by atoms with Crippen LogP contribution in [0.4, 0.5) is 5.82 Å². The number of anilines is 1. The molecule has 0 spiro atoms. The number of carbonyl (C=O) groups excluding carboxylic acids is 1. The number of aromatic nitrogens is 2. The number of nitrogens with zero attached hydrogens (tertiary/aromatic N) is 6. The standard InChI is InChI=1S/C21H26N7O9P/c1-11(2)35-19(31)12(3)25-38(33)37-14-7-5-4-6-13(14)34-10-21(26-27-23)17(30)16(29)18(36-21)28-9-8-15(22)24-20(28)32/h4-9,11-12,16-18,29-30H,10H2,1-3H3,(H2,22,24,32)/t12-,16+,17-,18+,21+/m0/s1. The Hall–Kier alpha value is -3.78. The first kappa shape index (κ1) is 28.8. The Balaban J connectivity index is 1.81. The van der Waals surface area contributed by atoms with E-state index < -0.39 is 56.6 Å². The number of nitrogen functional groups attached to an aromatic ring is 1. The summed E-state index contributed by atoms with van der Waals surface area (Å²) < 4.78 is 26.3. The van der Waals surface area contributed by atoms with Crippen molar-refractivity contribution in [1.29, 1.82) is 0 Å². The predicted molar refractivity (Wildman–Crippen MR) is 130 cm³/mol. The van der Waals surface area contributed by atoms with Crippen molar-refractivity contribution in [1.82, 2.24) is 9.55 Å². The molecular weight excluding hydrogens is 525 g/mol. The molecule has 2 heterocycles. The highest BCUT2D eigenvalue weighted by molar-refractivity contribution is 7.34. The fourth-order valence-electron chi connectivity index (χ4n) is 3.37.